The zero-order valence-electron chi connectivity index (χ0n) is 16.2. The van der Waals surface area contributed by atoms with Gasteiger partial charge >= 0.3 is 0 Å². The normalized spacial score (nSPS) is 15.5. The number of sulfonamides is 1. The van der Waals surface area contributed by atoms with Gasteiger partial charge in [0.2, 0.25) is 15.9 Å². The van der Waals surface area contributed by atoms with Crippen LogP contribution in [0.15, 0.2) is 46.2 Å². The van der Waals surface area contributed by atoms with Crippen molar-refractivity contribution in [3.8, 4) is 0 Å². The molecule has 0 bridgehead atoms. The first-order valence-electron chi connectivity index (χ1n) is 9.11. The predicted molar refractivity (Wildman–Crippen MR) is 108 cm³/mol. The molecule has 0 N–H and O–H groups in total. The molecule has 0 aromatic heterocycles. The highest BCUT2D eigenvalue weighted by atomic mass is 32.2. The molecule has 29 heavy (non-hydrogen) atoms. The van der Waals surface area contributed by atoms with Crippen molar-refractivity contribution in [2.45, 2.75) is 23.6 Å². The number of halogens is 2. The minimum Gasteiger partial charge on any atom is -0.339 e. The molecule has 1 saturated heterocycles. The van der Waals surface area contributed by atoms with Crippen molar-refractivity contribution in [1.82, 2.24) is 9.21 Å². The van der Waals surface area contributed by atoms with Gasteiger partial charge in [0.25, 0.3) is 0 Å². The molecule has 5 nitrogen and oxygen atoms in total. The van der Waals surface area contributed by atoms with Crippen LogP contribution in [0.4, 0.5) is 8.78 Å². The largest absolute Gasteiger partial charge is 0.339 e. The van der Waals surface area contributed by atoms with E-state index in [1.807, 2.05) is 32.0 Å². The molecule has 0 radical (unpaired) electrons. The number of amides is 1. The molecule has 3 rings (SSSR count). The SMILES string of the molecule is Cc1ccc(C)c(SCC(=O)N2CCN(S(=O)(=O)c3ccc(F)c(F)c3)CC2)c1. The van der Waals surface area contributed by atoms with Crippen LogP contribution in [-0.2, 0) is 14.8 Å². The van der Waals surface area contributed by atoms with E-state index in [1.165, 1.54) is 16.1 Å². The molecule has 0 saturated carbocycles. The number of carbonyl (C=O) groups is 1. The van der Waals surface area contributed by atoms with Crippen LogP contribution in [-0.4, -0.2) is 55.5 Å². The molecule has 2 aromatic rings. The van der Waals surface area contributed by atoms with Gasteiger partial charge in [-0.25, -0.2) is 17.2 Å². The van der Waals surface area contributed by atoms with Gasteiger partial charge < -0.3 is 4.90 Å². The molecule has 156 valence electrons. The summed E-state index contributed by atoms with van der Waals surface area (Å²) in [7, 11) is -3.93. The van der Waals surface area contributed by atoms with Gasteiger partial charge in [-0.3, -0.25) is 4.79 Å². The van der Waals surface area contributed by atoms with Crippen molar-refractivity contribution in [2.75, 3.05) is 31.9 Å². The minimum atomic E-state index is -3.93. The lowest BCUT2D eigenvalue weighted by molar-refractivity contribution is -0.129. The molecule has 1 aliphatic heterocycles. The van der Waals surface area contributed by atoms with E-state index in [0.29, 0.717) is 6.07 Å². The number of rotatable bonds is 5. The van der Waals surface area contributed by atoms with Crippen molar-refractivity contribution in [1.29, 1.82) is 0 Å². The second-order valence-electron chi connectivity index (χ2n) is 6.92. The Morgan fingerprint density at radius 1 is 1.00 bits per heavy atom. The van der Waals surface area contributed by atoms with E-state index in [2.05, 4.69) is 0 Å². The Kier molecular flexibility index (Phi) is 6.60. The lowest BCUT2D eigenvalue weighted by atomic mass is 10.2. The van der Waals surface area contributed by atoms with Crippen LogP contribution in [0.3, 0.4) is 0 Å². The maximum absolute atomic E-state index is 13.4. The molecule has 0 unspecified atom stereocenters. The van der Waals surface area contributed by atoms with Crippen molar-refractivity contribution in [3.63, 3.8) is 0 Å². The van der Waals surface area contributed by atoms with Gasteiger partial charge in [0.15, 0.2) is 11.6 Å². The van der Waals surface area contributed by atoms with Crippen molar-refractivity contribution < 1.29 is 22.0 Å². The molecule has 1 aliphatic rings. The molecule has 0 aliphatic carbocycles. The van der Waals surface area contributed by atoms with Crippen molar-refractivity contribution in [2.24, 2.45) is 0 Å². The van der Waals surface area contributed by atoms with Crippen LogP contribution in [0.5, 0.6) is 0 Å². The Morgan fingerprint density at radius 3 is 2.34 bits per heavy atom. The molecule has 1 fully saturated rings. The average molecular weight is 441 g/mol. The fourth-order valence-corrected chi connectivity index (χ4v) is 5.52. The van der Waals surface area contributed by atoms with E-state index in [-0.39, 0.29) is 42.7 Å². The summed E-state index contributed by atoms with van der Waals surface area (Å²) in [4.78, 5) is 14.9. The molecule has 1 heterocycles. The lowest BCUT2D eigenvalue weighted by Crippen LogP contribution is -2.51. The summed E-state index contributed by atoms with van der Waals surface area (Å²) in [6, 6.07) is 8.61. The van der Waals surface area contributed by atoms with Crippen LogP contribution >= 0.6 is 11.8 Å². The Labute approximate surface area is 173 Å². The zero-order valence-corrected chi connectivity index (χ0v) is 17.8. The third kappa shape index (κ3) is 4.96. The molecule has 0 spiro atoms. The van der Waals surface area contributed by atoms with E-state index < -0.39 is 21.7 Å². The van der Waals surface area contributed by atoms with Gasteiger partial charge in [-0.2, -0.15) is 4.31 Å². The summed E-state index contributed by atoms with van der Waals surface area (Å²) in [5.74, 6) is -2.08. The summed E-state index contributed by atoms with van der Waals surface area (Å²) in [6.45, 7) is 4.73. The molecular formula is C20H22F2N2O3S2. The van der Waals surface area contributed by atoms with E-state index in [0.717, 1.165) is 28.2 Å². The summed E-state index contributed by atoms with van der Waals surface area (Å²) >= 11 is 1.47. The van der Waals surface area contributed by atoms with Crippen LogP contribution in [0.25, 0.3) is 0 Å². The number of carbonyl (C=O) groups excluding carboxylic acids is 1. The fourth-order valence-electron chi connectivity index (χ4n) is 3.06. The van der Waals surface area contributed by atoms with Crippen LogP contribution in [0.1, 0.15) is 11.1 Å². The molecule has 9 heteroatoms. The van der Waals surface area contributed by atoms with Gasteiger partial charge in [-0.05, 0) is 43.7 Å². The van der Waals surface area contributed by atoms with Gasteiger partial charge in [0.05, 0.1) is 10.6 Å². The quantitative estimate of drug-likeness (QED) is 0.670. The number of hydrogen-bond donors (Lipinski definition) is 0. The summed E-state index contributed by atoms with van der Waals surface area (Å²) in [6.07, 6.45) is 0. The van der Waals surface area contributed by atoms with Gasteiger partial charge in [0.1, 0.15) is 0 Å². The van der Waals surface area contributed by atoms with E-state index in [9.17, 15) is 22.0 Å². The van der Waals surface area contributed by atoms with Crippen molar-refractivity contribution in [3.05, 3.63) is 59.2 Å². The van der Waals surface area contributed by atoms with Gasteiger partial charge in [0, 0.05) is 31.1 Å². The van der Waals surface area contributed by atoms with E-state index in [4.69, 9.17) is 0 Å². The standard InChI is InChI=1S/C20H22F2N2O3S2/c1-14-3-4-15(2)19(11-14)28-13-20(25)23-7-9-24(10-8-23)29(26,27)16-5-6-17(21)18(22)12-16/h3-6,11-12H,7-10,13H2,1-2H3. The van der Waals surface area contributed by atoms with Crippen LogP contribution in [0.2, 0.25) is 0 Å². The predicted octanol–water partition coefficient (Wildman–Crippen LogP) is 3.21. The number of aryl methyl sites for hydroxylation is 2. The first kappa shape index (κ1) is 21.7. The van der Waals surface area contributed by atoms with Crippen molar-refractivity contribution >= 4 is 27.7 Å². The Balaban J connectivity index is 1.58. The first-order chi connectivity index (χ1) is 13.7. The average Bonchev–Trinajstić information content (AvgIpc) is 2.70. The van der Waals surface area contributed by atoms with E-state index in [1.54, 1.807) is 4.90 Å². The topological polar surface area (TPSA) is 57.7 Å². The second kappa shape index (κ2) is 8.81. The Hall–Kier alpha value is -1.97. The monoisotopic (exact) mass is 440 g/mol. The maximum Gasteiger partial charge on any atom is 0.243 e. The van der Waals surface area contributed by atoms with Crippen LogP contribution in [0, 0.1) is 25.5 Å². The number of benzene rings is 2. The lowest BCUT2D eigenvalue weighted by Gasteiger charge is -2.34. The molecule has 2 aromatic carbocycles. The first-order valence-corrected chi connectivity index (χ1v) is 11.5. The highest BCUT2D eigenvalue weighted by Crippen LogP contribution is 2.25. The summed E-state index contributed by atoms with van der Waals surface area (Å²) < 4.78 is 53.0. The smallest absolute Gasteiger partial charge is 0.243 e. The summed E-state index contributed by atoms with van der Waals surface area (Å²) in [5.41, 5.74) is 2.23. The minimum absolute atomic E-state index is 0.0548. The highest BCUT2D eigenvalue weighted by Gasteiger charge is 2.30. The highest BCUT2D eigenvalue weighted by molar-refractivity contribution is 8.00. The number of thioether (sulfide) groups is 1. The van der Waals surface area contributed by atoms with Crippen LogP contribution < -0.4 is 0 Å². The second-order valence-corrected chi connectivity index (χ2v) is 9.87. The third-order valence-electron chi connectivity index (χ3n) is 4.81. The number of nitrogens with zero attached hydrogens (tertiary/aromatic N) is 2. The van der Waals surface area contributed by atoms with Gasteiger partial charge in [-0.15, -0.1) is 11.8 Å². The summed E-state index contributed by atoms with van der Waals surface area (Å²) in [5, 5.41) is 0. The Bertz CT molecular complexity index is 1020. The number of piperazine rings is 1. The van der Waals surface area contributed by atoms with Gasteiger partial charge in [-0.1, -0.05) is 17.7 Å². The number of hydrogen-bond acceptors (Lipinski definition) is 4. The zero-order chi connectivity index (χ0) is 21.2. The molecule has 1 amide bonds. The molecule has 0 atom stereocenters. The Morgan fingerprint density at radius 2 is 1.69 bits per heavy atom. The van der Waals surface area contributed by atoms with E-state index >= 15 is 0 Å². The fraction of sp³-hybridized carbons (Fsp3) is 0.350. The maximum atomic E-state index is 13.4. The molecular weight excluding hydrogens is 418 g/mol. The third-order valence-corrected chi connectivity index (χ3v) is 7.85.